The van der Waals surface area contributed by atoms with Crippen molar-refractivity contribution in [2.45, 2.75) is 0 Å². The van der Waals surface area contributed by atoms with Crippen LogP contribution in [0.3, 0.4) is 0 Å². The molecule has 10 rings (SSSR count). The minimum Gasteiger partial charge on any atom is -0.254 e. The molecule has 0 unspecified atom stereocenters. The second kappa shape index (κ2) is 10.5. The Morgan fingerprint density at radius 1 is 0.333 bits per heavy atom. The van der Waals surface area contributed by atoms with Crippen LogP contribution in [0.5, 0.6) is 0 Å². The standard InChI is InChI=1S/C44H26N4/c1-2-8-34-33(6-1)24-37(36-10-4-3-9-35(34)36)38-20-17-27-11-15-31(25-41(27)46-38)32-16-12-28-18-21-39(47-42(28)26-32)40-22-19-30-14-13-29-7-5-23-45-43(29)44(30)48-40/h1-26H. The Kier molecular flexibility index (Phi) is 5.84. The zero-order chi connectivity index (χ0) is 31.6. The zero-order valence-electron chi connectivity index (χ0n) is 25.8. The summed E-state index contributed by atoms with van der Waals surface area (Å²) < 4.78 is 0. The summed E-state index contributed by atoms with van der Waals surface area (Å²) in [6, 6.07) is 53.3. The highest BCUT2D eigenvalue weighted by atomic mass is 14.8. The van der Waals surface area contributed by atoms with Crippen molar-refractivity contribution in [3.63, 3.8) is 0 Å². The third-order valence-corrected chi connectivity index (χ3v) is 9.46. The summed E-state index contributed by atoms with van der Waals surface area (Å²) in [5.41, 5.74) is 9.66. The van der Waals surface area contributed by atoms with E-state index in [1.54, 1.807) is 0 Å². The first kappa shape index (κ1) is 26.7. The van der Waals surface area contributed by atoms with Crippen LogP contribution in [-0.2, 0) is 0 Å². The Morgan fingerprint density at radius 2 is 0.875 bits per heavy atom. The Hall–Kier alpha value is -6.52. The predicted molar refractivity (Wildman–Crippen MR) is 199 cm³/mol. The maximum absolute atomic E-state index is 5.22. The lowest BCUT2D eigenvalue weighted by atomic mass is 9.95. The summed E-state index contributed by atoms with van der Waals surface area (Å²) in [6.07, 6.45) is 1.82. The van der Waals surface area contributed by atoms with Crippen LogP contribution in [-0.4, -0.2) is 19.9 Å². The highest BCUT2D eigenvalue weighted by Gasteiger charge is 2.12. The summed E-state index contributed by atoms with van der Waals surface area (Å²) in [6.45, 7) is 0. The summed E-state index contributed by atoms with van der Waals surface area (Å²) in [7, 11) is 0. The molecule has 4 heteroatoms. The SMILES string of the molecule is c1ccc2c(c1)cc(-c1ccc3ccc(-c4ccc5ccc(-c6ccc7ccc8cccnc8c7n6)nc5c4)cc3n1)c1ccccc12. The number of hydrogen-bond acceptors (Lipinski definition) is 4. The maximum atomic E-state index is 5.22. The van der Waals surface area contributed by atoms with Crippen molar-refractivity contribution in [3.05, 3.63) is 158 Å². The van der Waals surface area contributed by atoms with E-state index in [1.807, 2.05) is 24.4 Å². The lowest BCUT2D eigenvalue weighted by Crippen LogP contribution is -1.92. The van der Waals surface area contributed by atoms with Gasteiger partial charge in [0.2, 0.25) is 0 Å². The quantitative estimate of drug-likeness (QED) is 0.187. The summed E-state index contributed by atoms with van der Waals surface area (Å²) in [4.78, 5) is 20.0. The molecule has 0 fully saturated rings. The molecule has 4 heterocycles. The number of fused-ring (bicyclic) bond motifs is 8. The van der Waals surface area contributed by atoms with Crippen LogP contribution < -0.4 is 0 Å². The van der Waals surface area contributed by atoms with E-state index in [4.69, 9.17) is 15.0 Å². The first-order valence-electron chi connectivity index (χ1n) is 16.1. The molecule has 0 atom stereocenters. The molecule has 222 valence electrons. The zero-order valence-corrected chi connectivity index (χ0v) is 25.8. The van der Waals surface area contributed by atoms with Gasteiger partial charge in [-0.25, -0.2) is 15.0 Å². The Balaban J connectivity index is 1.06. The molecule has 10 aromatic rings. The fraction of sp³-hybridized carbons (Fsp3) is 0. The smallest absolute Gasteiger partial charge is 0.0972 e. The molecule has 0 spiro atoms. The lowest BCUT2D eigenvalue weighted by molar-refractivity contribution is 1.31. The average Bonchev–Trinajstić information content (AvgIpc) is 3.16. The minimum absolute atomic E-state index is 0.830. The average molecular weight is 611 g/mol. The van der Waals surface area contributed by atoms with E-state index in [-0.39, 0.29) is 0 Å². The second-order valence-electron chi connectivity index (χ2n) is 12.3. The van der Waals surface area contributed by atoms with E-state index in [0.29, 0.717) is 0 Å². The molecule has 0 radical (unpaired) electrons. The largest absolute Gasteiger partial charge is 0.254 e. The summed E-state index contributed by atoms with van der Waals surface area (Å²) in [5.74, 6) is 0. The van der Waals surface area contributed by atoms with Crippen molar-refractivity contribution < 1.29 is 0 Å². The van der Waals surface area contributed by atoms with E-state index >= 15 is 0 Å². The predicted octanol–water partition coefficient (Wildman–Crippen LogP) is 11.2. The number of aromatic nitrogens is 4. The van der Waals surface area contributed by atoms with Crippen molar-refractivity contribution in [1.82, 2.24) is 19.9 Å². The maximum Gasteiger partial charge on any atom is 0.0972 e. The van der Waals surface area contributed by atoms with Gasteiger partial charge in [0.1, 0.15) is 0 Å². The Bertz CT molecular complexity index is 2910. The number of benzene rings is 6. The Labute approximate surface area is 276 Å². The Morgan fingerprint density at radius 3 is 1.65 bits per heavy atom. The van der Waals surface area contributed by atoms with Crippen LogP contribution in [0.25, 0.3) is 98.9 Å². The van der Waals surface area contributed by atoms with Gasteiger partial charge in [0.05, 0.1) is 39.1 Å². The summed E-state index contributed by atoms with van der Waals surface area (Å²) in [5, 5.41) is 9.26. The van der Waals surface area contributed by atoms with Gasteiger partial charge < -0.3 is 0 Å². The minimum atomic E-state index is 0.830. The molecule has 0 N–H and O–H groups in total. The highest BCUT2D eigenvalue weighted by molar-refractivity contribution is 6.13. The van der Waals surface area contributed by atoms with Gasteiger partial charge in [-0.05, 0) is 75.1 Å². The van der Waals surface area contributed by atoms with Gasteiger partial charge in [0, 0.05) is 33.3 Å². The van der Waals surface area contributed by atoms with Gasteiger partial charge in [-0.1, -0.05) is 109 Å². The second-order valence-corrected chi connectivity index (χ2v) is 12.3. The molecule has 4 nitrogen and oxygen atoms in total. The van der Waals surface area contributed by atoms with E-state index in [1.165, 1.54) is 21.5 Å². The number of rotatable bonds is 3. The van der Waals surface area contributed by atoms with Crippen LogP contribution in [0.15, 0.2) is 158 Å². The molecule has 0 aliphatic heterocycles. The van der Waals surface area contributed by atoms with E-state index in [0.717, 1.165) is 77.4 Å². The molecule has 0 saturated heterocycles. The van der Waals surface area contributed by atoms with Crippen LogP contribution in [0.2, 0.25) is 0 Å². The molecular weight excluding hydrogens is 585 g/mol. The molecule has 4 aromatic heterocycles. The van der Waals surface area contributed by atoms with Crippen LogP contribution in [0, 0.1) is 0 Å². The number of pyridine rings is 4. The van der Waals surface area contributed by atoms with Crippen molar-refractivity contribution in [2.24, 2.45) is 0 Å². The molecule has 6 aromatic carbocycles. The molecule has 0 saturated carbocycles. The van der Waals surface area contributed by atoms with Crippen LogP contribution >= 0.6 is 0 Å². The van der Waals surface area contributed by atoms with E-state index < -0.39 is 0 Å². The van der Waals surface area contributed by atoms with Gasteiger partial charge in [-0.15, -0.1) is 0 Å². The first-order valence-corrected chi connectivity index (χ1v) is 16.1. The fourth-order valence-electron chi connectivity index (χ4n) is 7.02. The topological polar surface area (TPSA) is 51.6 Å². The van der Waals surface area contributed by atoms with E-state index in [2.05, 4.69) is 138 Å². The van der Waals surface area contributed by atoms with Crippen molar-refractivity contribution in [3.8, 4) is 33.8 Å². The monoisotopic (exact) mass is 610 g/mol. The van der Waals surface area contributed by atoms with Crippen molar-refractivity contribution in [2.75, 3.05) is 0 Å². The molecule has 0 bridgehead atoms. The molecular formula is C44H26N4. The number of nitrogens with zero attached hydrogens (tertiary/aromatic N) is 4. The molecule has 0 amide bonds. The van der Waals surface area contributed by atoms with Gasteiger partial charge in [-0.3, -0.25) is 4.98 Å². The summed E-state index contributed by atoms with van der Waals surface area (Å²) >= 11 is 0. The van der Waals surface area contributed by atoms with E-state index in [9.17, 15) is 0 Å². The number of hydrogen-bond donors (Lipinski definition) is 0. The van der Waals surface area contributed by atoms with Gasteiger partial charge >= 0.3 is 0 Å². The van der Waals surface area contributed by atoms with Crippen molar-refractivity contribution >= 4 is 65.2 Å². The molecule has 0 aliphatic carbocycles. The van der Waals surface area contributed by atoms with Crippen LogP contribution in [0.1, 0.15) is 0 Å². The first-order chi connectivity index (χ1) is 23.7. The highest BCUT2D eigenvalue weighted by Crippen LogP contribution is 2.36. The van der Waals surface area contributed by atoms with Gasteiger partial charge in [0.25, 0.3) is 0 Å². The normalized spacial score (nSPS) is 11.8. The third-order valence-electron chi connectivity index (χ3n) is 9.46. The van der Waals surface area contributed by atoms with Crippen LogP contribution in [0.4, 0.5) is 0 Å². The molecule has 48 heavy (non-hydrogen) atoms. The van der Waals surface area contributed by atoms with Gasteiger partial charge in [0.15, 0.2) is 0 Å². The van der Waals surface area contributed by atoms with Crippen molar-refractivity contribution in [1.29, 1.82) is 0 Å². The third kappa shape index (κ3) is 4.31. The van der Waals surface area contributed by atoms with Gasteiger partial charge in [-0.2, -0.15) is 0 Å². The lowest BCUT2D eigenvalue weighted by Gasteiger charge is -2.12. The fourth-order valence-corrected chi connectivity index (χ4v) is 7.02. The molecule has 0 aliphatic rings.